The van der Waals surface area contributed by atoms with Crippen LogP contribution in [0.25, 0.3) is 0 Å². The number of carbonyl (C=O) groups excluding carboxylic acids is 1. The summed E-state index contributed by atoms with van der Waals surface area (Å²) in [7, 11) is 3.07. The molecule has 0 aromatic heterocycles. The van der Waals surface area contributed by atoms with Crippen molar-refractivity contribution in [2.45, 2.75) is 31.2 Å². The van der Waals surface area contributed by atoms with Crippen LogP contribution >= 0.6 is 0 Å². The second-order valence-electron chi connectivity index (χ2n) is 5.19. The third-order valence-corrected chi connectivity index (χ3v) is 4.25. The van der Waals surface area contributed by atoms with Crippen LogP contribution in [0.2, 0.25) is 0 Å². The van der Waals surface area contributed by atoms with Gasteiger partial charge in [-0.15, -0.1) is 0 Å². The maximum atomic E-state index is 12.0. The minimum Gasteiger partial charge on any atom is -0.469 e. The highest BCUT2D eigenvalue weighted by Gasteiger charge is 2.52. The molecule has 0 amide bonds. The monoisotopic (exact) mass is 262 g/mol. The molecule has 0 radical (unpaired) electrons. The Labute approximate surface area is 112 Å². The summed E-state index contributed by atoms with van der Waals surface area (Å²) in [5.41, 5.74) is 2.33. The van der Waals surface area contributed by atoms with E-state index < -0.39 is 5.79 Å². The molecule has 102 valence electrons. The van der Waals surface area contributed by atoms with E-state index in [1.54, 1.807) is 7.11 Å². The normalized spacial score (nSPS) is 32.5. The van der Waals surface area contributed by atoms with Gasteiger partial charge < -0.3 is 14.2 Å². The van der Waals surface area contributed by atoms with Gasteiger partial charge in [-0.05, 0) is 17.5 Å². The molecule has 2 aliphatic heterocycles. The summed E-state index contributed by atoms with van der Waals surface area (Å²) in [6, 6.07) is 8.13. The van der Waals surface area contributed by atoms with Crippen LogP contribution in [0.15, 0.2) is 24.3 Å². The van der Waals surface area contributed by atoms with Gasteiger partial charge in [0.05, 0.1) is 19.1 Å². The molecule has 2 aliphatic rings. The van der Waals surface area contributed by atoms with Crippen LogP contribution in [0.4, 0.5) is 0 Å². The van der Waals surface area contributed by atoms with Gasteiger partial charge in [-0.1, -0.05) is 24.3 Å². The molecule has 3 atom stereocenters. The molecule has 1 aromatic carbocycles. The van der Waals surface area contributed by atoms with Crippen molar-refractivity contribution in [3.05, 3.63) is 35.4 Å². The van der Waals surface area contributed by atoms with Crippen LogP contribution < -0.4 is 0 Å². The number of hydrogen-bond donors (Lipinski definition) is 0. The standard InChI is InChI=1S/C15H18O4/c1-17-14(16)12-9-15(18-2)8-7-10-5-3-4-6-11(10)13(12)19-15/h3-6,12-13H,7-9H2,1-2H3/t12-,13+,15-/m1/s1. The Morgan fingerprint density at radius 1 is 1.37 bits per heavy atom. The molecule has 4 heteroatoms. The van der Waals surface area contributed by atoms with Gasteiger partial charge in [0.25, 0.3) is 0 Å². The van der Waals surface area contributed by atoms with Crippen molar-refractivity contribution >= 4 is 5.97 Å². The minimum atomic E-state index is -0.650. The molecule has 19 heavy (non-hydrogen) atoms. The van der Waals surface area contributed by atoms with E-state index in [1.165, 1.54) is 12.7 Å². The smallest absolute Gasteiger partial charge is 0.311 e. The number of carbonyl (C=O) groups is 1. The van der Waals surface area contributed by atoms with E-state index in [9.17, 15) is 4.79 Å². The summed E-state index contributed by atoms with van der Waals surface area (Å²) in [5, 5.41) is 0. The SMILES string of the molecule is COC(=O)[C@@H]1C[C@@]2(OC)CCc3ccccc3[C@@H]1O2. The van der Waals surface area contributed by atoms with Crippen molar-refractivity contribution in [1.82, 2.24) is 0 Å². The summed E-state index contributed by atoms with van der Waals surface area (Å²) in [5.74, 6) is -1.16. The van der Waals surface area contributed by atoms with Gasteiger partial charge in [-0.25, -0.2) is 0 Å². The van der Waals surface area contributed by atoms with E-state index in [1.807, 2.05) is 18.2 Å². The second-order valence-corrected chi connectivity index (χ2v) is 5.19. The summed E-state index contributed by atoms with van der Waals surface area (Å²) in [6.07, 6.45) is 1.99. The van der Waals surface area contributed by atoms with Crippen molar-refractivity contribution in [3.8, 4) is 0 Å². The first kappa shape index (κ1) is 12.6. The summed E-state index contributed by atoms with van der Waals surface area (Å²) in [6.45, 7) is 0. The molecular weight excluding hydrogens is 244 g/mol. The quantitative estimate of drug-likeness (QED) is 0.767. The molecule has 0 saturated carbocycles. The van der Waals surface area contributed by atoms with E-state index in [0.717, 1.165) is 18.4 Å². The fourth-order valence-corrected chi connectivity index (χ4v) is 3.20. The van der Waals surface area contributed by atoms with Crippen LogP contribution in [-0.2, 0) is 25.4 Å². The number of methoxy groups -OCH3 is 2. The molecule has 0 N–H and O–H groups in total. The number of hydrogen-bond acceptors (Lipinski definition) is 4. The molecule has 1 aromatic rings. The molecular formula is C15H18O4. The van der Waals surface area contributed by atoms with Crippen molar-refractivity contribution in [2.75, 3.05) is 14.2 Å². The fraction of sp³-hybridized carbons (Fsp3) is 0.533. The third kappa shape index (κ3) is 1.95. The van der Waals surface area contributed by atoms with E-state index in [0.29, 0.717) is 6.42 Å². The molecule has 0 spiro atoms. The first-order valence-corrected chi connectivity index (χ1v) is 6.58. The first-order chi connectivity index (χ1) is 9.19. The fourth-order valence-electron chi connectivity index (χ4n) is 3.20. The average molecular weight is 262 g/mol. The molecule has 3 rings (SSSR count). The molecule has 1 fully saturated rings. The largest absolute Gasteiger partial charge is 0.469 e. The van der Waals surface area contributed by atoms with Gasteiger partial charge in [-0.2, -0.15) is 0 Å². The van der Waals surface area contributed by atoms with Crippen molar-refractivity contribution in [3.63, 3.8) is 0 Å². The first-order valence-electron chi connectivity index (χ1n) is 6.58. The van der Waals surface area contributed by atoms with E-state index in [4.69, 9.17) is 14.2 Å². The van der Waals surface area contributed by atoms with Crippen LogP contribution in [0, 0.1) is 5.92 Å². The lowest BCUT2D eigenvalue weighted by Gasteiger charge is -2.25. The highest BCUT2D eigenvalue weighted by atomic mass is 16.7. The third-order valence-electron chi connectivity index (χ3n) is 4.25. The number of fused-ring (bicyclic) bond motifs is 4. The number of aryl methyl sites for hydroxylation is 1. The van der Waals surface area contributed by atoms with Crippen LogP contribution in [0.1, 0.15) is 30.1 Å². The van der Waals surface area contributed by atoms with Gasteiger partial charge >= 0.3 is 5.97 Å². The van der Waals surface area contributed by atoms with Gasteiger partial charge in [0.2, 0.25) is 0 Å². The minimum absolute atomic E-state index is 0.222. The number of ether oxygens (including phenoxy) is 3. The van der Waals surface area contributed by atoms with Gasteiger partial charge in [0.1, 0.15) is 0 Å². The molecule has 4 nitrogen and oxygen atoms in total. The number of esters is 1. The van der Waals surface area contributed by atoms with Crippen LogP contribution in [0.5, 0.6) is 0 Å². The number of benzene rings is 1. The predicted octanol–water partition coefficient (Wildman–Crippen LogP) is 2.23. The van der Waals surface area contributed by atoms with Crippen molar-refractivity contribution in [2.24, 2.45) is 5.92 Å². The molecule has 2 heterocycles. The average Bonchev–Trinajstić information content (AvgIpc) is 2.76. The summed E-state index contributed by atoms with van der Waals surface area (Å²) in [4.78, 5) is 12.0. The maximum absolute atomic E-state index is 12.0. The van der Waals surface area contributed by atoms with Gasteiger partial charge in [0, 0.05) is 20.0 Å². The second kappa shape index (κ2) is 4.62. The Morgan fingerprint density at radius 3 is 2.89 bits per heavy atom. The Kier molecular flexibility index (Phi) is 3.07. The van der Waals surface area contributed by atoms with Crippen LogP contribution in [-0.4, -0.2) is 26.0 Å². The van der Waals surface area contributed by atoms with E-state index in [2.05, 4.69) is 6.07 Å². The highest BCUT2D eigenvalue weighted by molar-refractivity contribution is 5.74. The summed E-state index contributed by atoms with van der Waals surface area (Å²) < 4.78 is 16.6. The maximum Gasteiger partial charge on any atom is 0.311 e. The van der Waals surface area contributed by atoms with E-state index >= 15 is 0 Å². The molecule has 0 aliphatic carbocycles. The van der Waals surface area contributed by atoms with Crippen LogP contribution in [0.3, 0.4) is 0 Å². The zero-order valence-corrected chi connectivity index (χ0v) is 11.2. The Morgan fingerprint density at radius 2 is 2.16 bits per heavy atom. The predicted molar refractivity (Wildman–Crippen MR) is 68.5 cm³/mol. The molecule has 2 bridgehead atoms. The number of rotatable bonds is 2. The lowest BCUT2D eigenvalue weighted by molar-refractivity contribution is -0.214. The lowest BCUT2D eigenvalue weighted by Crippen LogP contribution is -2.31. The van der Waals surface area contributed by atoms with Gasteiger partial charge in [0.15, 0.2) is 5.79 Å². The van der Waals surface area contributed by atoms with Crippen molar-refractivity contribution in [1.29, 1.82) is 0 Å². The molecule has 0 unspecified atom stereocenters. The topological polar surface area (TPSA) is 44.8 Å². The van der Waals surface area contributed by atoms with E-state index in [-0.39, 0.29) is 18.0 Å². The highest BCUT2D eigenvalue weighted by Crippen LogP contribution is 2.50. The Balaban J connectivity index is 2.04. The Bertz CT molecular complexity index is 499. The molecule has 1 saturated heterocycles. The zero-order chi connectivity index (χ0) is 13.5. The summed E-state index contributed by atoms with van der Waals surface area (Å²) >= 11 is 0. The van der Waals surface area contributed by atoms with Gasteiger partial charge in [-0.3, -0.25) is 4.79 Å². The zero-order valence-electron chi connectivity index (χ0n) is 11.2. The Hall–Kier alpha value is -1.39. The van der Waals surface area contributed by atoms with Crippen molar-refractivity contribution < 1.29 is 19.0 Å². The lowest BCUT2D eigenvalue weighted by atomic mass is 9.85.